The van der Waals surface area contributed by atoms with Gasteiger partial charge in [0, 0.05) is 24.6 Å². The number of carboxylic acid groups (broad SMARTS) is 1. The molecule has 8 heteroatoms. The minimum atomic E-state index is -0.928. The first-order chi connectivity index (χ1) is 9.88. The molecule has 1 atom stereocenters. The molecule has 21 heavy (non-hydrogen) atoms. The molecule has 0 saturated carbocycles. The maximum atomic E-state index is 11.5. The predicted octanol–water partition coefficient (Wildman–Crippen LogP) is 2.07. The van der Waals surface area contributed by atoms with Crippen LogP contribution in [-0.2, 0) is 16.1 Å². The van der Waals surface area contributed by atoms with Gasteiger partial charge in [0.1, 0.15) is 6.61 Å². The number of hydrogen-bond acceptors (Lipinski definition) is 5. The number of carbonyl (C=O) groups is 2. The summed E-state index contributed by atoms with van der Waals surface area (Å²) >= 11 is 0. The highest BCUT2D eigenvalue weighted by atomic mass is 16.6. The van der Waals surface area contributed by atoms with Crippen LogP contribution in [0.15, 0.2) is 24.3 Å². The zero-order valence-corrected chi connectivity index (χ0v) is 11.4. The van der Waals surface area contributed by atoms with Crippen molar-refractivity contribution in [1.82, 2.24) is 5.32 Å². The number of benzene rings is 1. The highest BCUT2D eigenvalue weighted by molar-refractivity contribution is 5.68. The molecule has 1 unspecified atom stereocenters. The Balaban J connectivity index is 2.35. The molecule has 0 heterocycles. The third-order valence-electron chi connectivity index (χ3n) is 2.67. The van der Waals surface area contributed by atoms with Gasteiger partial charge in [0.2, 0.25) is 0 Å². The Hall–Kier alpha value is -2.64. The van der Waals surface area contributed by atoms with Crippen molar-refractivity contribution in [3.8, 4) is 0 Å². The second-order valence-corrected chi connectivity index (χ2v) is 4.48. The van der Waals surface area contributed by atoms with E-state index in [-0.39, 0.29) is 24.8 Å². The number of alkyl carbamates (subject to hydrolysis) is 1. The predicted molar refractivity (Wildman–Crippen MR) is 72.7 cm³/mol. The Morgan fingerprint density at radius 3 is 2.52 bits per heavy atom. The van der Waals surface area contributed by atoms with Crippen molar-refractivity contribution in [2.75, 3.05) is 0 Å². The molecule has 0 aliphatic rings. The topological polar surface area (TPSA) is 119 Å². The van der Waals surface area contributed by atoms with E-state index >= 15 is 0 Å². The normalized spacial score (nSPS) is 11.5. The minimum Gasteiger partial charge on any atom is -0.481 e. The first kappa shape index (κ1) is 16.4. The summed E-state index contributed by atoms with van der Waals surface area (Å²) in [5, 5.41) is 21.5. The number of amides is 1. The lowest BCUT2D eigenvalue weighted by atomic mass is 10.2. The van der Waals surface area contributed by atoms with Crippen LogP contribution in [0.2, 0.25) is 0 Å². The van der Waals surface area contributed by atoms with Crippen LogP contribution < -0.4 is 5.32 Å². The molecule has 114 valence electrons. The zero-order chi connectivity index (χ0) is 15.8. The first-order valence-corrected chi connectivity index (χ1v) is 6.27. The number of nitro benzene ring substituents is 1. The number of nitrogens with one attached hydrogen (secondary N) is 1. The van der Waals surface area contributed by atoms with E-state index in [4.69, 9.17) is 9.84 Å². The zero-order valence-electron chi connectivity index (χ0n) is 11.4. The number of ether oxygens (including phenoxy) is 1. The molecule has 0 aromatic heterocycles. The van der Waals surface area contributed by atoms with Crippen LogP contribution in [0.5, 0.6) is 0 Å². The molecule has 0 radical (unpaired) electrons. The van der Waals surface area contributed by atoms with Gasteiger partial charge in [-0.3, -0.25) is 14.9 Å². The number of non-ortho nitro benzene ring substituents is 1. The summed E-state index contributed by atoms with van der Waals surface area (Å²) in [4.78, 5) is 31.8. The van der Waals surface area contributed by atoms with E-state index in [2.05, 4.69) is 5.32 Å². The molecule has 0 spiro atoms. The monoisotopic (exact) mass is 296 g/mol. The molecule has 0 fully saturated rings. The van der Waals surface area contributed by atoms with Crippen LogP contribution >= 0.6 is 0 Å². The van der Waals surface area contributed by atoms with Crippen molar-refractivity contribution >= 4 is 17.7 Å². The fourth-order valence-electron chi connectivity index (χ4n) is 1.52. The minimum absolute atomic E-state index is 0.0184. The molecule has 1 aromatic rings. The number of rotatable bonds is 7. The summed E-state index contributed by atoms with van der Waals surface area (Å²) in [6.45, 7) is 1.66. The summed E-state index contributed by atoms with van der Waals surface area (Å²) in [5.41, 5.74) is 0.583. The van der Waals surface area contributed by atoms with E-state index in [1.807, 2.05) is 0 Å². The van der Waals surface area contributed by atoms with Gasteiger partial charge in [-0.1, -0.05) is 0 Å². The molecule has 1 amide bonds. The number of carboxylic acids is 1. The molecule has 1 rings (SSSR count). The van der Waals surface area contributed by atoms with Gasteiger partial charge in [0.15, 0.2) is 0 Å². The van der Waals surface area contributed by atoms with Gasteiger partial charge in [-0.25, -0.2) is 4.79 Å². The maximum absolute atomic E-state index is 11.5. The lowest BCUT2D eigenvalue weighted by Gasteiger charge is -2.12. The fraction of sp³-hybridized carbons (Fsp3) is 0.385. The van der Waals surface area contributed by atoms with E-state index in [1.165, 1.54) is 24.3 Å². The quantitative estimate of drug-likeness (QED) is 0.587. The fourth-order valence-corrected chi connectivity index (χ4v) is 1.52. The SMILES string of the molecule is CC(CCC(=O)O)NC(=O)OCc1ccc([N+](=O)[O-])cc1. The number of hydrogen-bond donors (Lipinski definition) is 2. The van der Waals surface area contributed by atoms with Crippen molar-refractivity contribution in [3.63, 3.8) is 0 Å². The van der Waals surface area contributed by atoms with Crippen LogP contribution in [0.3, 0.4) is 0 Å². The van der Waals surface area contributed by atoms with Gasteiger partial charge in [-0.2, -0.15) is 0 Å². The molecule has 8 nitrogen and oxygen atoms in total. The van der Waals surface area contributed by atoms with Crippen LogP contribution in [-0.4, -0.2) is 28.1 Å². The molecular weight excluding hydrogens is 280 g/mol. The van der Waals surface area contributed by atoms with Gasteiger partial charge in [-0.05, 0) is 31.0 Å². The third-order valence-corrected chi connectivity index (χ3v) is 2.67. The summed E-state index contributed by atoms with van der Waals surface area (Å²) in [6, 6.07) is 5.34. The molecule has 0 bridgehead atoms. The molecule has 0 aliphatic carbocycles. The van der Waals surface area contributed by atoms with Gasteiger partial charge in [0.25, 0.3) is 5.69 Å². The Kier molecular flexibility index (Phi) is 6.12. The van der Waals surface area contributed by atoms with Crippen molar-refractivity contribution in [1.29, 1.82) is 0 Å². The number of nitro groups is 1. The standard InChI is InChI=1S/C13H16N2O6/c1-9(2-7-12(16)17)14-13(18)21-8-10-3-5-11(6-4-10)15(19)20/h3-6,9H,2,7-8H2,1H3,(H,14,18)(H,16,17). The summed E-state index contributed by atoms with van der Waals surface area (Å²) in [7, 11) is 0. The summed E-state index contributed by atoms with van der Waals surface area (Å²) in [5.74, 6) is -0.928. The molecule has 1 aromatic carbocycles. The van der Waals surface area contributed by atoms with E-state index in [9.17, 15) is 19.7 Å². The van der Waals surface area contributed by atoms with Crippen molar-refractivity contribution in [3.05, 3.63) is 39.9 Å². The number of carbonyl (C=O) groups excluding carboxylic acids is 1. The van der Waals surface area contributed by atoms with Crippen molar-refractivity contribution < 1.29 is 24.4 Å². The second kappa shape index (κ2) is 7.83. The van der Waals surface area contributed by atoms with Crippen molar-refractivity contribution in [2.45, 2.75) is 32.4 Å². The first-order valence-electron chi connectivity index (χ1n) is 6.27. The molecule has 0 saturated heterocycles. The van der Waals surface area contributed by atoms with E-state index in [0.29, 0.717) is 12.0 Å². The highest BCUT2D eigenvalue weighted by Gasteiger charge is 2.10. The Bertz CT molecular complexity index is 514. The number of nitrogens with zero attached hydrogens (tertiary/aromatic N) is 1. The van der Waals surface area contributed by atoms with Crippen LogP contribution in [0.4, 0.5) is 10.5 Å². The van der Waals surface area contributed by atoms with Crippen LogP contribution in [0.1, 0.15) is 25.3 Å². The average Bonchev–Trinajstić information content (AvgIpc) is 2.43. The van der Waals surface area contributed by atoms with Gasteiger partial charge in [-0.15, -0.1) is 0 Å². The smallest absolute Gasteiger partial charge is 0.407 e. The van der Waals surface area contributed by atoms with Crippen molar-refractivity contribution in [2.24, 2.45) is 0 Å². The van der Waals surface area contributed by atoms with Crippen LogP contribution in [0.25, 0.3) is 0 Å². The average molecular weight is 296 g/mol. The Morgan fingerprint density at radius 2 is 2.00 bits per heavy atom. The van der Waals surface area contributed by atoms with Gasteiger partial charge < -0.3 is 15.2 Å². The van der Waals surface area contributed by atoms with E-state index in [0.717, 1.165) is 0 Å². The van der Waals surface area contributed by atoms with Gasteiger partial charge >= 0.3 is 12.1 Å². The molecule has 2 N–H and O–H groups in total. The van der Waals surface area contributed by atoms with E-state index < -0.39 is 17.0 Å². The Morgan fingerprint density at radius 1 is 1.38 bits per heavy atom. The summed E-state index contributed by atoms with van der Waals surface area (Å²) < 4.78 is 4.94. The third kappa shape index (κ3) is 6.37. The van der Waals surface area contributed by atoms with Crippen LogP contribution in [0, 0.1) is 10.1 Å². The second-order valence-electron chi connectivity index (χ2n) is 4.48. The molecule has 0 aliphatic heterocycles. The lowest BCUT2D eigenvalue weighted by Crippen LogP contribution is -2.33. The van der Waals surface area contributed by atoms with E-state index in [1.54, 1.807) is 6.92 Å². The lowest BCUT2D eigenvalue weighted by molar-refractivity contribution is -0.384. The highest BCUT2D eigenvalue weighted by Crippen LogP contribution is 2.12. The Labute approximate surface area is 120 Å². The maximum Gasteiger partial charge on any atom is 0.407 e. The summed E-state index contributed by atoms with van der Waals surface area (Å²) in [6.07, 6.45) is -0.391. The molecular formula is C13H16N2O6. The van der Waals surface area contributed by atoms with Gasteiger partial charge in [0.05, 0.1) is 4.92 Å². The number of aliphatic carboxylic acids is 1. The largest absolute Gasteiger partial charge is 0.481 e.